The van der Waals surface area contributed by atoms with Crippen LogP contribution in [0.2, 0.25) is 0 Å². The molecule has 0 bridgehead atoms. The number of carbonyl (C=O) groups excluding carboxylic acids is 2. The van der Waals surface area contributed by atoms with Gasteiger partial charge in [0.1, 0.15) is 13.2 Å². The number of hydrogen-bond donors (Lipinski definition) is 2. The highest BCUT2D eigenvalue weighted by Crippen LogP contribution is 2.37. The first-order valence-corrected chi connectivity index (χ1v) is 18.0. The lowest BCUT2D eigenvalue weighted by molar-refractivity contribution is -0.150. The summed E-state index contributed by atoms with van der Waals surface area (Å²) in [4.78, 5) is 26.9. The molecule has 7 nitrogen and oxygen atoms in total. The SMILES string of the molecule is CCCC(=O)OCC(COC(=O)CCNCNC)N(CCCC1CSSC1)CCCC1CSSC1. The molecule has 2 heterocycles. The Morgan fingerprint density at radius 2 is 1.40 bits per heavy atom. The number of hydrogen-bond acceptors (Lipinski definition) is 11. The van der Waals surface area contributed by atoms with Crippen LogP contribution in [0.4, 0.5) is 0 Å². The first-order chi connectivity index (χ1) is 17.1. The summed E-state index contributed by atoms with van der Waals surface area (Å²) in [6, 6.07) is -0.0929. The van der Waals surface area contributed by atoms with E-state index in [2.05, 4.69) is 15.5 Å². The molecule has 1 unspecified atom stereocenters. The fourth-order valence-corrected chi connectivity index (χ4v) is 10.1. The number of esters is 2. The Bertz CT molecular complexity index is 557. The van der Waals surface area contributed by atoms with Crippen LogP contribution in [0.3, 0.4) is 0 Å². The summed E-state index contributed by atoms with van der Waals surface area (Å²) in [5.74, 6) is 6.21. The molecule has 204 valence electrons. The Morgan fingerprint density at radius 3 is 1.89 bits per heavy atom. The fraction of sp³-hybridized carbons (Fsp3) is 0.917. The van der Waals surface area contributed by atoms with Crippen molar-refractivity contribution in [2.75, 3.05) is 69.6 Å². The van der Waals surface area contributed by atoms with Crippen LogP contribution in [0.25, 0.3) is 0 Å². The van der Waals surface area contributed by atoms with E-state index in [0.29, 0.717) is 26.1 Å². The Morgan fingerprint density at radius 1 is 0.886 bits per heavy atom. The molecule has 0 amide bonds. The van der Waals surface area contributed by atoms with Crippen LogP contribution < -0.4 is 10.6 Å². The average molecular weight is 568 g/mol. The van der Waals surface area contributed by atoms with Crippen LogP contribution in [0, 0.1) is 11.8 Å². The normalized spacial score (nSPS) is 17.8. The largest absolute Gasteiger partial charge is 0.464 e. The molecule has 1 atom stereocenters. The maximum atomic E-state index is 12.3. The molecule has 0 aromatic rings. The predicted octanol–water partition coefficient (Wildman–Crippen LogP) is 4.28. The Labute approximate surface area is 228 Å². The van der Waals surface area contributed by atoms with Crippen molar-refractivity contribution in [2.45, 2.75) is 57.9 Å². The van der Waals surface area contributed by atoms with Crippen molar-refractivity contribution < 1.29 is 19.1 Å². The summed E-state index contributed by atoms with van der Waals surface area (Å²) in [7, 11) is 9.81. The summed E-state index contributed by atoms with van der Waals surface area (Å²) in [5.41, 5.74) is 0. The van der Waals surface area contributed by atoms with Crippen molar-refractivity contribution in [3.05, 3.63) is 0 Å². The van der Waals surface area contributed by atoms with Gasteiger partial charge in [-0.05, 0) is 64.1 Å². The van der Waals surface area contributed by atoms with Gasteiger partial charge in [0.15, 0.2) is 0 Å². The van der Waals surface area contributed by atoms with Gasteiger partial charge in [-0.1, -0.05) is 50.1 Å². The maximum absolute atomic E-state index is 12.3. The van der Waals surface area contributed by atoms with Crippen molar-refractivity contribution >= 4 is 55.1 Å². The monoisotopic (exact) mass is 567 g/mol. The topological polar surface area (TPSA) is 79.9 Å². The van der Waals surface area contributed by atoms with E-state index in [4.69, 9.17) is 9.47 Å². The minimum Gasteiger partial charge on any atom is -0.464 e. The van der Waals surface area contributed by atoms with E-state index >= 15 is 0 Å². The highest BCUT2D eigenvalue weighted by molar-refractivity contribution is 8.77. The average Bonchev–Trinajstić information content (AvgIpc) is 3.56. The second-order valence-corrected chi connectivity index (χ2v) is 14.3. The molecule has 0 aromatic carbocycles. The molecule has 0 saturated carbocycles. The molecule has 0 aliphatic carbocycles. The second-order valence-electron chi connectivity index (χ2n) is 9.24. The highest BCUT2D eigenvalue weighted by Gasteiger charge is 2.24. The van der Waals surface area contributed by atoms with Gasteiger partial charge in [0, 0.05) is 42.6 Å². The molecule has 2 aliphatic heterocycles. The number of nitrogens with one attached hydrogen (secondary N) is 2. The van der Waals surface area contributed by atoms with E-state index in [1.54, 1.807) is 0 Å². The van der Waals surface area contributed by atoms with Crippen molar-refractivity contribution in [3.8, 4) is 0 Å². The predicted molar refractivity (Wildman–Crippen MR) is 154 cm³/mol. The van der Waals surface area contributed by atoms with Crippen LogP contribution >= 0.6 is 43.2 Å². The lowest BCUT2D eigenvalue weighted by Gasteiger charge is -2.31. The van der Waals surface area contributed by atoms with Crippen LogP contribution in [-0.2, 0) is 19.1 Å². The summed E-state index contributed by atoms with van der Waals surface area (Å²) in [6.45, 7) is 5.69. The summed E-state index contributed by atoms with van der Waals surface area (Å²) in [5, 5.41) is 6.14. The minimum atomic E-state index is -0.210. The van der Waals surface area contributed by atoms with Crippen LogP contribution in [0.5, 0.6) is 0 Å². The Balaban J connectivity index is 1.91. The maximum Gasteiger partial charge on any atom is 0.307 e. The summed E-state index contributed by atoms with van der Waals surface area (Å²) in [6.07, 6.45) is 6.24. The molecule has 2 N–H and O–H groups in total. The van der Waals surface area contributed by atoms with Crippen molar-refractivity contribution in [2.24, 2.45) is 11.8 Å². The van der Waals surface area contributed by atoms with E-state index in [1.165, 1.54) is 35.9 Å². The number of carbonyl (C=O) groups is 2. The Kier molecular flexibility index (Phi) is 18.2. The number of nitrogens with zero attached hydrogens (tertiary/aromatic N) is 1. The zero-order valence-electron chi connectivity index (χ0n) is 21.5. The lowest BCUT2D eigenvalue weighted by atomic mass is 10.1. The molecular weight excluding hydrogens is 523 g/mol. The molecule has 2 saturated heterocycles. The van der Waals surface area contributed by atoms with Crippen LogP contribution in [0.1, 0.15) is 51.9 Å². The molecule has 35 heavy (non-hydrogen) atoms. The van der Waals surface area contributed by atoms with E-state index in [-0.39, 0.29) is 31.2 Å². The molecule has 11 heteroatoms. The van der Waals surface area contributed by atoms with Crippen LogP contribution in [-0.4, -0.2) is 92.5 Å². The molecule has 2 aliphatic rings. The summed E-state index contributed by atoms with van der Waals surface area (Å²) < 4.78 is 11.3. The Hall–Kier alpha value is 0.220. The highest BCUT2D eigenvalue weighted by atomic mass is 33.1. The van der Waals surface area contributed by atoms with Crippen molar-refractivity contribution in [1.29, 1.82) is 0 Å². The first-order valence-electron chi connectivity index (χ1n) is 13.0. The zero-order chi connectivity index (χ0) is 25.1. The van der Waals surface area contributed by atoms with Gasteiger partial charge in [0.2, 0.25) is 0 Å². The number of ether oxygens (including phenoxy) is 2. The summed E-state index contributed by atoms with van der Waals surface area (Å²) >= 11 is 0. The van der Waals surface area contributed by atoms with Gasteiger partial charge in [-0.15, -0.1) is 0 Å². The van der Waals surface area contributed by atoms with Gasteiger partial charge < -0.3 is 20.1 Å². The van der Waals surface area contributed by atoms with Gasteiger partial charge in [-0.3, -0.25) is 14.5 Å². The van der Waals surface area contributed by atoms with Crippen molar-refractivity contribution in [3.63, 3.8) is 0 Å². The first kappa shape index (κ1) is 31.4. The molecular formula is C24H45N3O4S4. The molecule has 0 spiro atoms. The molecule has 0 aromatic heterocycles. The smallest absolute Gasteiger partial charge is 0.307 e. The van der Waals surface area contributed by atoms with E-state index < -0.39 is 0 Å². The second kappa shape index (κ2) is 20.2. The third-order valence-electron chi connectivity index (χ3n) is 6.15. The van der Waals surface area contributed by atoms with Gasteiger partial charge in [-0.25, -0.2) is 0 Å². The third kappa shape index (κ3) is 14.7. The van der Waals surface area contributed by atoms with E-state index in [0.717, 1.165) is 44.2 Å². The zero-order valence-corrected chi connectivity index (χ0v) is 24.7. The molecule has 2 fully saturated rings. The van der Waals surface area contributed by atoms with Gasteiger partial charge in [-0.2, -0.15) is 0 Å². The quantitative estimate of drug-likeness (QED) is 0.0957. The van der Waals surface area contributed by atoms with Gasteiger partial charge in [0.05, 0.1) is 12.5 Å². The fourth-order valence-electron chi connectivity index (χ4n) is 4.04. The van der Waals surface area contributed by atoms with E-state index in [1.807, 2.05) is 57.1 Å². The van der Waals surface area contributed by atoms with Gasteiger partial charge in [0.25, 0.3) is 0 Å². The van der Waals surface area contributed by atoms with E-state index in [9.17, 15) is 9.59 Å². The molecule has 2 rings (SSSR count). The van der Waals surface area contributed by atoms with Crippen LogP contribution in [0.15, 0.2) is 0 Å². The van der Waals surface area contributed by atoms with Gasteiger partial charge >= 0.3 is 11.9 Å². The molecule has 0 radical (unpaired) electrons. The third-order valence-corrected chi connectivity index (χ3v) is 11.5. The van der Waals surface area contributed by atoms with Crippen molar-refractivity contribution in [1.82, 2.24) is 15.5 Å². The lowest BCUT2D eigenvalue weighted by Crippen LogP contribution is -2.44. The standard InChI is InChI=1S/C24H45N3O4S4/c1-3-6-23(28)30-13-22(14-31-24(29)9-10-26-19-25-2)27(11-4-7-20-15-32-33-16-20)12-5-8-21-17-34-35-18-21/h20-22,25-26H,3-19H2,1-2H3. The minimum absolute atomic E-state index is 0.0929. The number of rotatable bonds is 20.